The maximum absolute atomic E-state index is 9.96. The fourth-order valence-electron chi connectivity index (χ4n) is 2.25. The quantitative estimate of drug-likeness (QED) is 0.882. The molecule has 1 aliphatic heterocycles. The molecular formula is C13H19BrN2O. The van der Waals surface area contributed by atoms with E-state index in [0.29, 0.717) is 6.54 Å². The molecule has 0 radical (unpaired) electrons. The molecule has 0 amide bonds. The van der Waals surface area contributed by atoms with E-state index in [0.717, 1.165) is 28.7 Å². The van der Waals surface area contributed by atoms with Gasteiger partial charge in [-0.15, -0.1) is 0 Å². The first-order chi connectivity index (χ1) is 7.89. The van der Waals surface area contributed by atoms with E-state index in [9.17, 15) is 5.11 Å². The molecule has 0 saturated carbocycles. The van der Waals surface area contributed by atoms with Crippen molar-refractivity contribution in [3.63, 3.8) is 0 Å². The highest BCUT2D eigenvalue weighted by Crippen LogP contribution is 2.31. The molecule has 1 heterocycles. The number of aliphatic hydroxyl groups is 1. The van der Waals surface area contributed by atoms with Gasteiger partial charge < -0.3 is 15.7 Å². The summed E-state index contributed by atoms with van der Waals surface area (Å²) in [5.41, 5.74) is 7.56. The van der Waals surface area contributed by atoms with Gasteiger partial charge in [-0.2, -0.15) is 0 Å². The molecule has 3 N–H and O–H groups in total. The maximum Gasteiger partial charge on any atom is 0.0810 e. The first-order valence-corrected chi connectivity index (χ1v) is 6.71. The van der Waals surface area contributed by atoms with Gasteiger partial charge in [-0.05, 0) is 38.0 Å². The van der Waals surface area contributed by atoms with E-state index in [1.54, 1.807) is 0 Å². The van der Waals surface area contributed by atoms with Crippen LogP contribution in [0.3, 0.4) is 0 Å². The molecule has 4 heteroatoms. The molecule has 3 nitrogen and oxygen atoms in total. The van der Waals surface area contributed by atoms with Crippen LogP contribution in [-0.2, 0) is 0 Å². The Bertz CT molecular complexity index is 418. The Hall–Kier alpha value is -0.580. The van der Waals surface area contributed by atoms with Gasteiger partial charge in [-0.25, -0.2) is 0 Å². The summed E-state index contributed by atoms with van der Waals surface area (Å²) in [6, 6.07) is 6.24. The van der Waals surface area contributed by atoms with E-state index in [1.807, 2.05) is 13.8 Å². The van der Waals surface area contributed by atoms with Gasteiger partial charge in [0.25, 0.3) is 0 Å². The van der Waals surface area contributed by atoms with Crippen molar-refractivity contribution < 1.29 is 5.11 Å². The van der Waals surface area contributed by atoms with Crippen LogP contribution in [0.5, 0.6) is 0 Å². The molecule has 0 aromatic heterocycles. The Morgan fingerprint density at radius 1 is 1.53 bits per heavy atom. The second-order valence-corrected chi connectivity index (χ2v) is 6.02. The SMILES string of the molecule is C[C@@H](N)c1ccc(N2CCC(C)(O)C2)cc1Br. The molecule has 0 aliphatic carbocycles. The summed E-state index contributed by atoms with van der Waals surface area (Å²) in [6.07, 6.45) is 0.819. The highest BCUT2D eigenvalue weighted by molar-refractivity contribution is 9.10. The Labute approximate surface area is 111 Å². The number of β-amino-alcohol motifs (C(OH)–C–C–N with tert-alkyl or cyclic N) is 1. The fraction of sp³-hybridized carbons (Fsp3) is 0.538. The number of nitrogens with zero attached hydrogens (tertiary/aromatic N) is 1. The van der Waals surface area contributed by atoms with Crippen molar-refractivity contribution in [2.45, 2.75) is 31.9 Å². The minimum Gasteiger partial charge on any atom is -0.388 e. The lowest BCUT2D eigenvalue weighted by atomic mass is 10.1. The van der Waals surface area contributed by atoms with E-state index in [1.165, 1.54) is 0 Å². The van der Waals surface area contributed by atoms with E-state index in [2.05, 4.69) is 39.0 Å². The standard InChI is InChI=1S/C13H19BrN2O/c1-9(15)11-4-3-10(7-12(11)14)16-6-5-13(2,17)8-16/h3-4,7,9,17H,5-6,8,15H2,1-2H3/t9-,13?/m1/s1. The summed E-state index contributed by atoms with van der Waals surface area (Å²) < 4.78 is 1.04. The van der Waals surface area contributed by atoms with E-state index >= 15 is 0 Å². The zero-order valence-corrected chi connectivity index (χ0v) is 11.9. The fourth-order valence-corrected chi connectivity index (χ4v) is 2.98. The minimum absolute atomic E-state index is 0.0279. The number of anilines is 1. The molecule has 1 aliphatic rings. The van der Waals surface area contributed by atoms with E-state index < -0.39 is 5.60 Å². The molecule has 0 bridgehead atoms. The summed E-state index contributed by atoms with van der Waals surface area (Å²) in [6.45, 7) is 5.45. The van der Waals surface area contributed by atoms with Gasteiger partial charge in [0.2, 0.25) is 0 Å². The number of halogens is 1. The molecule has 2 atom stereocenters. The zero-order valence-electron chi connectivity index (χ0n) is 10.3. The summed E-state index contributed by atoms with van der Waals surface area (Å²) in [4.78, 5) is 2.20. The smallest absolute Gasteiger partial charge is 0.0810 e. The van der Waals surface area contributed by atoms with Crippen molar-refractivity contribution in [1.29, 1.82) is 0 Å². The summed E-state index contributed by atoms with van der Waals surface area (Å²) in [5.74, 6) is 0. The van der Waals surface area contributed by atoms with Crippen LogP contribution < -0.4 is 10.6 Å². The molecule has 17 heavy (non-hydrogen) atoms. The molecular weight excluding hydrogens is 280 g/mol. The normalized spacial score (nSPS) is 26.3. The van der Waals surface area contributed by atoms with Crippen molar-refractivity contribution in [3.8, 4) is 0 Å². The molecule has 1 fully saturated rings. The van der Waals surface area contributed by atoms with Crippen molar-refractivity contribution in [2.75, 3.05) is 18.0 Å². The van der Waals surface area contributed by atoms with Crippen molar-refractivity contribution in [3.05, 3.63) is 28.2 Å². The van der Waals surface area contributed by atoms with Crippen LogP contribution in [0.1, 0.15) is 31.9 Å². The monoisotopic (exact) mass is 298 g/mol. The molecule has 1 aromatic carbocycles. The summed E-state index contributed by atoms with van der Waals surface area (Å²) in [7, 11) is 0. The average molecular weight is 299 g/mol. The number of nitrogens with two attached hydrogens (primary N) is 1. The van der Waals surface area contributed by atoms with E-state index in [-0.39, 0.29) is 6.04 Å². The van der Waals surface area contributed by atoms with Crippen LogP contribution in [0, 0.1) is 0 Å². The third-order valence-corrected chi connectivity index (χ3v) is 3.98. The van der Waals surface area contributed by atoms with Gasteiger partial charge in [0, 0.05) is 29.3 Å². The van der Waals surface area contributed by atoms with Gasteiger partial charge in [0.1, 0.15) is 0 Å². The average Bonchev–Trinajstić information content (AvgIpc) is 2.58. The van der Waals surface area contributed by atoms with Crippen LogP contribution in [0.2, 0.25) is 0 Å². The van der Waals surface area contributed by atoms with Crippen LogP contribution in [0.25, 0.3) is 0 Å². The molecule has 1 unspecified atom stereocenters. The topological polar surface area (TPSA) is 49.5 Å². The Balaban J connectivity index is 2.21. The predicted octanol–water partition coefficient (Wildman–Crippen LogP) is 2.43. The van der Waals surface area contributed by atoms with Gasteiger partial charge in [0.15, 0.2) is 0 Å². The molecule has 1 saturated heterocycles. The third-order valence-electron chi connectivity index (χ3n) is 3.29. The van der Waals surface area contributed by atoms with Gasteiger partial charge in [-0.3, -0.25) is 0 Å². The van der Waals surface area contributed by atoms with Crippen LogP contribution in [-0.4, -0.2) is 23.8 Å². The number of hydrogen-bond donors (Lipinski definition) is 2. The summed E-state index contributed by atoms with van der Waals surface area (Å²) >= 11 is 3.55. The minimum atomic E-state index is -0.563. The molecule has 2 rings (SSSR count). The highest BCUT2D eigenvalue weighted by Gasteiger charge is 2.31. The highest BCUT2D eigenvalue weighted by atomic mass is 79.9. The number of hydrogen-bond acceptors (Lipinski definition) is 3. The number of rotatable bonds is 2. The zero-order chi connectivity index (χ0) is 12.6. The molecule has 94 valence electrons. The first kappa shape index (κ1) is 12.9. The van der Waals surface area contributed by atoms with Gasteiger partial charge in [-0.1, -0.05) is 22.0 Å². The third kappa shape index (κ3) is 2.81. The first-order valence-electron chi connectivity index (χ1n) is 5.91. The van der Waals surface area contributed by atoms with Crippen LogP contribution in [0.4, 0.5) is 5.69 Å². The lowest BCUT2D eigenvalue weighted by molar-refractivity contribution is 0.0839. The lowest BCUT2D eigenvalue weighted by Gasteiger charge is -2.22. The van der Waals surface area contributed by atoms with Crippen molar-refractivity contribution in [1.82, 2.24) is 0 Å². The van der Waals surface area contributed by atoms with E-state index in [4.69, 9.17) is 5.73 Å². The lowest BCUT2D eigenvalue weighted by Crippen LogP contribution is -2.29. The largest absolute Gasteiger partial charge is 0.388 e. The van der Waals surface area contributed by atoms with Crippen LogP contribution >= 0.6 is 15.9 Å². The Morgan fingerprint density at radius 3 is 2.71 bits per heavy atom. The van der Waals surface area contributed by atoms with Gasteiger partial charge >= 0.3 is 0 Å². The van der Waals surface area contributed by atoms with Crippen LogP contribution in [0.15, 0.2) is 22.7 Å². The molecule has 1 aromatic rings. The second-order valence-electron chi connectivity index (χ2n) is 5.16. The molecule has 0 spiro atoms. The van der Waals surface area contributed by atoms with Crippen molar-refractivity contribution in [2.24, 2.45) is 5.73 Å². The predicted molar refractivity (Wildman–Crippen MR) is 74.2 cm³/mol. The Kier molecular flexibility index (Phi) is 3.48. The second kappa shape index (κ2) is 4.59. The summed E-state index contributed by atoms with van der Waals surface area (Å²) in [5, 5.41) is 9.96. The van der Waals surface area contributed by atoms with Crippen molar-refractivity contribution >= 4 is 21.6 Å². The maximum atomic E-state index is 9.96. The Morgan fingerprint density at radius 2 is 2.24 bits per heavy atom. The number of benzene rings is 1. The van der Waals surface area contributed by atoms with Gasteiger partial charge in [0.05, 0.1) is 5.60 Å².